The van der Waals surface area contributed by atoms with Crippen LogP contribution in [0, 0.1) is 3.57 Å². The van der Waals surface area contributed by atoms with Gasteiger partial charge in [-0.25, -0.2) is 4.79 Å². The zero-order valence-corrected chi connectivity index (χ0v) is 11.8. The molecule has 1 heterocycles. The van der Waals surface area contributed by atoms with E-state index in [1.54, 1.807) is 7.05 Å². The van der Waals surface area contributed by atoms with Gasteiger partial charge in [0, 0.05) is 19.8 Å². The average molecular weight is 350 g/mol. The Labute approximate surface area is 112 Å². The fourth-order valence-corrected chi connectivity index (χ4v) is 2.75. The van der Waals surface area contributed by atoms with Gasteiger partial charge in [-0.1, -0.05) is 0 Å². The molecule has 0 atom stereocenters. The molecule has 1 aromatic rings. The predicted octanol–water partition coefficient (Wildman–Crippen LogP) is 0.457. The van der Waals surface area contributed by atoms with Gasteiger partial charge in [-0.3, -0.25) is 9.36 Å². The number of hydrogen-bond acceptors (Lipinski definition) is 3. The molecule has 1 fully saturated rings. The Balaban J connectivity index is 2.26. The molecule has 0 aliphatic heterocycles. The van der Waals surface area contributed by atoms with Gasteiger partial charge in [-0.15, -0.1) is 0 Å². The van der Waals surface area contributed by atoms with Crippen molar-refractivity contribution in [3.8, 4) is 0 Å². The number of aliphatic hydroxyl groups is 1. The number of hydrogen-bond donors (Lipinski definition) is 1. The minimum atomic E-state index is -0.661. The second kappa shape index (κ2) is 4.56. The third-order valence-corrected chi connectivity index (χ3v) is 4.11. The summed E-state index contributed by atoms with van der Waals surface area (Å²) in [6.07, 6.45) is 4.57. The van der Waals surface area contributed by atoms with Crippen molar-refractivity contribution in [2.24, 2.45) is 7.05 Å². The van der Waals surface area contributed by atoms with E-state index in [2.05, 4.69) is 0 Å². The highest BCUT2D eigenvalue weighted by molar-refractivity contribution is 14.1. The minimum absolute atomic E-state index is 0.267. The molecule has 17 heavy (non-hydrogen) atoms. The third-order valence-electron chi connectivity index (χ3n) is 3.37. The molecular weight excluding hydrogens is 335 g/mol. The Morgan fingerprint density at radius 1 is 1.47 bits per heavy atom. The van der Waals surface area contributed by atoms with Crippen molar-refractivity contribution < 1.29 is 5.11 Å². The van der Waals surface area contributed by atoms with Crippen LogP contribution in [0.5, 0.6) is 0 Å². The molecule has 1 saturated carbocycles. The van der Waals surface area contributed by atoms with Gasteiger partial charge in [0.25, 0.3) is 5.56 Å². The van der Waals surface area contributed by atoms with Gasteiger partial charge in [-0.05, 0) is 48.3 Å². The van der Waals surface area contributed by atoms with Crippen LogP contribution in [-0.2, 0) is 13.6 Å². The predicted molar refractivity (Wildman–Crippen MR) is 72.1 cm³/mol. The topological polar surface area (TPSA) is 64.2 Å². The highest BCUT2D eigenvalue weighted by Crippen LogP contribution is 2.34. The Kier molecular flexibility index (Phi) is 3.44. The molecule has 0 amide bonds. The van der Waals surface area contributed by atoms with Crippen molar-refractivity contribution in [1.82, 2.24) is 9.13 Å². The highest BCUT2D eigenvalue weighted by Gasteiger charge is 2.34. The first-order valence-corrected chi connectivity index (χ1v) is 6.69. The maximum Gasteiger partial charge on any atom is 0.330 e. The summed E-state index contributed by atoms with van der Waals surface area (Å²) >= 11 is 1.92. The average Bonchev–Trinajstić information content (AvgIpc) is 2.24. The monoisotopic (exact) mass is 350 g/mol. The zero-order valence-electron chi connectivity index (χ0n) is 9.65. The largest absolute Gasteiger partial charge is 0.390 e. The zero-order chi connectivity index (χ0) is 12.6. The standard InChI is InChI=1S/C11H15IN2O3/c1-13-7-8(12)9(15)14(10(13)16)6-5-11(17)3-2-4-11/h7,17H,2-6H2,1H3. The lowest BCUT2D eigenvalue weighted by Crippen LogP contribution is -2.44. The van der Waals surface area contributed by atoms with Crippen LogP contribution in [0.4, 0.5) is 0 Å². The van der Waals surface area contributed by atoms with Crippen molar-refractivity contribution in [2.45, 2.75) is 37.8 Å². The van der Waals surface area contributed by atoms with Gasteiger partial charge in [0.05, 0.1) is 9.17 Å². The van der Waals surface area contributed by atoms with E-state index in [9.17, 15) is 14.7 Å². The van der Waals surface area contributed by atoms with E-state index in [0.717, 1.165) is 19.3 Å². The Bertz CT molecular complexity index is 508. The Morgan fingerprint density at radius 2 is 2.12 bits per heavy atom. The summed E-state index contributed by atoms with van der Waals surface area (Å²) in [4.78, 5) is 23.6. The smallest absolute Gasteiger partial charge is 0.330 e. The van der Waals surface area contributed by atoms with E-state index >= 15 is 0 Å². The summed E-state index contributed by atoms with van der Waals surface area (Å²) in [7, 11) is 1.62. The van der Waals surface area contributed by atoms with Crippen LogP contribution in [-0.4, -0.2) is 19.8 Å². The van der Waals surface area contributed by atoms with Crippen LogP contribution in [0.2, 0.25) is 0 Å². The number of aromatic nitrogens is 2. The normalized spacial score (nSPS) is 17.8. The maximum atomic E-state index is 11.8. The van der Waals surface area contributed by atoms with Gasteiger partial charge in [0.1, 0.15) is 0 Å². The van der Waals surface area contributed by atoms with Crippen molar-refractivity contribution in [3.63, 3.8) is 0 Å². The van der Waals surface area contributed by atoms with Crippen LogP contribution in [0.15, 0.2) is 15.8 Å². The summed E-state index contributed by atoms with van der Waals surface area (Å²) in [5, 5.41) is 9.97. The molecule has 0 radical (unpaired) electrons. The SMILES string of the molecule is Cn1cc(I)c(=O)n(CCC2(O)CCC2)c1=O. The van der Waals surface area contributed by atoms with Crippen LogP contribution in [0.3, 0.4) is 0 Å². The lowest BCUT2D eigenvalue weighted by molar-refractivity contribution is -0.0437. The molecule has 1 N–H and O–H groups in total. The summed E-state index contributed by atoms with van der Waals surface area (Å²) in [6.45, 7) is 0.291. The summed E-state index contributed by atoms with van der Waals surface area (Å²) in [5.41, 5.74) is -1.25. The molecule has 2 rings (SSSR count). The minimum Gasteiger partial charge on any atom is -0.390 e. The number of rotatable bonds is 3. The van der Waals surface area contributed by atoms with Crippen LogP contribution in [0.1, 0.15) is 25.7 Å². The molecule has 0 bridgehead atoms. The molecule has 1 aliphatic carbocycles. The molecule has 1 aliphatic rings. The molecule has 0 saturated heterocycles. The second-order valence-electron chi connectivity index (χ2n) is 4.66. The first-order valence-electron chi connectivity index (χ1n) is 5.61. The van der Waals surface area contributed by atoms with E-state index in [-0.39, 0.29) is 11.2 Å². The quantitative estimate of drug-likeness (QED) is 0.806. The summed E-state index contributed by atoms with van der Waals surface area (Å²) in [6, 6.07) is 0. The summed E-state index contributed by atoms with van der Waals surface area (Å²) in [5.74, 6) is 0. The first-order chi connectivity index (χ1) is 7.93. The van der Waals surface area contributed by atoms with E-state index < -0.39 is 5.60 Å². The van der Waals surface area contributed by atoms with Crippen molar-refractivity contribution in [2.75, 3.05) is 0 Å². The molecule has 5 nitrogen and oxygen atoms in total. The molecular formula is C11H15IN2O3. The molecule has 6 heteroatoms. The fourth-order valence-electron chi connectivity index (χ4n) is 2.04. The molecule has 0 aromatic carbocycles. The molecule has 0 unspecified atom stereocenters. The van der Waals surface area contributed by atoms with Gasteiger partial charge < -0.3 is 9.67 Å². The maximum absolute atomic E-state index is 11.8. The number of aryl methyl sites for hydroxylation is 1. The van der Waals surface area contributed by atoms with Gasteiger partial charge in [-0.2, -0.15) is 0 Å². The van der Waals surface area contributed by atoms with Gasteiger partial charge >= 0.3 is 5.69 Å². The Hall–Kier alpha value is -0.630. The van der Waals surface area contributed by atoms with Crippen LogP contribution in [0.25, 0.3) is 0 Å². The lowest BCUT2D eigenvalue weighted by atomic mass is 9.78. The van der Waals surface area contributed by atoms with E-state index in [0.29, 0.717) is 16.5 Å². The van der Waals surface area contributed by atoms with Gasteiger partial charge in [0.2, 0.25) is 0 Å². The van der Waals surface area contributed by atoms with E-state index in [1.807, 2.05) is 22.6 Å². The van der Waals surface area contributed by atoms with Crippen LogP contribution < -0.4 is 11.2 Å². The fraction of sp³-hybridized carbons (Fsp3) is 0.636. The second-order valence-corrected chi connectivity index (χ2v) is 5.82. The van der Waals surface area contributed by atoms with Gasteiger partial charge in [0.15, 0.2) is 0 Å². The van der Waals surface area contributed by atoms with Crippen molar-refractivity contribution in [1.29, 1.82) is 0 Å². The lowest BCUT2D eigenvalue weighted by Gasteiger charge is -2.36. The highest BCUT2D eigenvalue weighted by atomic mass is 127. The summed E-state index contributed by atoms with van der Waals surface area (Å²) < 4.78 is 3.12. The third kappa shape index (κ3) is 2.47. The Morgan fingerprint density at radius 3 is 2.65 bits per heavy atom. The number of nitrogens with zero attached hydrogens (tertiary/aromatic N) is 2. The van der Waals surface area contributed by atoms with E-state index in [4.69, 9.17) is 0 Å². The molecule has 1 aromatic heterocycles. The number of halogens is 1. The first kappa shape index (κ1) is 12.8. The van der Waals surface area contributed by atoms with E-state index in [1.165, 1.54) is 15.3 Å². The molecule has 94 valence electrons. The van der Waals surface area contributed by atoms with Crippen LogP contribution >= 0.6 is 22.6 Å². The molecule has 0 spiro atoms. The van der Waals surface area contributed by atoms with Crippen molar-refractivity contribution >= 4 is 22.6 Å². The van der Waals surface area contributed by atoms with Crippen molar-refractivity contribution in [3.05, 3.63) is 30.6 Å².